The van der Waals surface area contributed by atoms with Crippen LogP contribution in [0.3, 0.4) is 0 Å². The summed E-state index contributed by atoms with van der Waals surface area (Å²) < 4.78 is 5.11. The van der Waals surface area contributed by atoms with Crippen molar-refractivity contribution < 1.29 is 14.6 Å². The molecule has 1 saturated carbocycles. The van der Waals surface area contributed by atoms with E-state index >= 15 is 0 Å². The van der Waals surface area contributed by atoms with Crippen molar-refractivity contribution in [2.24, 2.45) is 11.3 Å². The molecule has 3 nitrogen and oxygen atoms in total. The third-order valence-corrected chi connectivity index (χ3v) is 4.20. The van der Waals surface area contributed by atoms with E-state index in [1.165, 1.54) is 0 Å². The highest BCUT2D eigenvalue weighted by Gasteiger charge is 2.59. The van der Waals surface area contributed by atoms with Crippen LogP contribution in [0.4, 0.5) is 0 Å². The Kier molecular flexibility index (Phi) is 3.44. The van der Waals surface area contributed by atoms with E-state index in [4.69, 9.17) is 4.74 Å². The van der Waals surface area contributed by atoms with Crippen LogP contribution in [-0.2, 0) is 9.53 Å². The van der Waals surface area contributed by atoms with Crippen LogP contribution in [0.2, 0.25) is 0 Å². The van der Waals surface area contributed by atoms with Gasteiger partial charge in [0.15, 0.2) is 0 Å². The zero-order valence-corrected chi connectivity index (χ0v) is 10.2. The summed E-state index contributed by atoms with van der Waals surface area (Å²) in [5.74, 6) is -0.0799. The molecule has 1 fully saturated rings. The summed E-state index contributed by atoms with van der Waals surface area (Å²) in [6, 6.07) is 0. The predicted molar refractivity (Wildman–Crippen MR) is 58.4 cm³/mol. The van der Waals surface area contributed by atoms with Crippen LogP contribution in [0.1, 0.15) is 47.0 Å². The second kappa shape index (κ2) is 4.12. The third kappa shape index (κ3) is 1.67. The largest absolute Gasteiger partial charge is 0.465 e. The summed E-state index contributed by atoms with van der Waals surface area (Å²) in [6.07, 6.45) is 2.26. The minimum atomic E-state index is -0.937. The average Bonchev–Trinajstić information content (AvgIpc) is 2.40. The Labute approximate surface area is 91.8 Å². The SMILES string of the molecule is CCOC(=O)[C@]1(CC)CC[C@@H](C)[C@]1(C)O. The van der Waals surface area contributed by atoms with Crippen molar-refractivity contribution in [3.8, 4) is 0 Å². The molecule has 3 atom stereocenters. The van der Waals surface area contributed by atoms with E-state index in [9.17, 15) is 9.90 Å². The van der Waals surface area contributed by atoms with Crippen molar-refractivity contribution in [3.05, 3.63) is 0 Å². The van der Waals surface area contributed by atoms with Crippen molar-refractivity contribution >= 4 is 5.97 Å². The maximum Gasteiger partial charge on any atom is 0.314 e. The third-order valence-electron chi connectivity index (χ3n) is 4.20. The molecule has 0 amide bonds. The van der Waals surface area contributed by atoms with Gasteiger partial charge >= 0.3 is 5.97 Å². The van der Waals surface area contributed by atoms with Gasteiger partial charge in [0, 0.05) is 0 Å². The summed E-state index contributed by atoms with van der Waals surface area (Å²) in [5, 5.41) is 10.5. The fourth-order valence-electron chi connectivity index (χ4n) is 2.73. The zero-order chi connectivity index (χ0) is 11.7. The van der Waals surface area contributed by atoms with Crippen molar-refractivity contribution in [1.29, 1.82) is 0 Å². The second-order valence-electron chi connectivity index (χ2n) is 4.74. The molecule has 15 heavy (non-hydrogen) atoms. The number of carbonyl (C=O) groups excluding carboxylic acids is 1. The van der Waals surface area contributed by atoms with Gasteiger partial charge in [-0.3, -0.25) is 4.79 Å². The van der Waals surface area contributed by atoms with Crippen LogP contribution in [0.15, 0.2) is 0 Å². The molecule has 0 unspecified atom stereocenters. The highest BCUT2D eigenvalue weighted by molar-refractivity contribution is 5.79. The average molecular weight is 214 g/mol. The first-order valence-corrected chi connectivity index (χ1v) is 5.82. The maximum absolute atomic E-state index is 12.0. The summed E-state index contributed by atoms with van der Waals surface area (Å²) in [6.45, 7) is 7.89. The number of hydrogen-bond acceptors (Lipinski definition) is 3. The van der Waals surface area contributed by atoms with Crippen LogP contribution in [0.5, 0.6) is 0 Å². The minimum absolute atomic E-state index is 0.154. The number of carbonyl (C=O) groups is 1. The molecular formula is C12H22O3. The lowest BCUT2D eigenvalue weighted by atomic mass is 9.71. The second-order valence-corrected chi connectivity index (χ2v) is 4.74. The summed E-state index contributed by atoms with van der Waals surface area (Å²) in [4.78, 5) is 12.0. The molecular weight excluding hydrogens is 192 g/mol. The maximum atomic E-state index is 12.0. The zero-order valence-electron chi connectivity index (χ0n) is 10.2. The Hall–Kier alpha value is -0.570. The van der Waals surface area contributed by atoms with Crippen LogP contribution in [0, 0.1) is 11.3 Å². The molecule has 3 heteroatoms. The van der Waals surface area contributed by atoms with E-state index in [0.29, 0.717) is 13.0 Å². The molecule has 0 aromatic carbocycles. The number of ether oxygens (including phenoxy) is 1. The summed E-state index contributed by atoms with van der Waals surface area (Å²) in [7, 11) is 0. The van der Waals surface area contributed by atoms with E-state index in [2.05, 4.69) is 0 Å². The summed E-state index contributed by atoms with van der Waals surface area (Å²) >= 11 is 0. The quantitative estimate of drug-likeness (QED) is 0.732. The molecule has 0 spiro atoms. The molecule has 1 N–H and O–H groups in total. The lowest BCUT2D eigenvalue weighted by Crippen LogP contribution is -2.50. The van der Waals surface area contributed by atoms with E-state index in [1.807, 2.05) is 13.8 Å². The van der Waals surface area contributed by atoms with Gasteiger partial charge in [-0.1, -0.05) is 13.8 Å². The van der Waals surface area contributed by atoms with Crippen molar-refractivity contribution in [2.75, 3.05) is 6.61 Å². The van der Waals surface area contributed by atoms with E-state index in [0.717, 1.165) is 12.8 Å². The van der Waals surface area contributed by atoms with Crippen molar-refractivity contribution in [1.82, 2.24) is 0 Å². The van der Waals surface area contributed by atoms with Gasteiger partial charge in [-0.15, -0.1) is 0 Å². The van der Waals surface area contributed by atoms with Gasteiger partial charge in [0.2, 0.25) is 0 Å². The molecule has 0 radical (unpaired) electrons. The highest BCUT2D eigenvalue weighted by Crippen LogP contribution is 2.52. The molecule has 0 heterocycles. The van der Waals surface area contributed by atoms with Gasteiger partial charge in [-0.05, 0) is 39.0 Å². The standard InChI is InChI=1S/C12H22O3/c1-5-12(10(13)15-6-2)8-7-9(3)11(12,4)14/h9,14H,5-8H2,1-4H3/t9-,11+,12+/m1/s1. The van der Waals surface area contributed by atoms with Crippen molar-refractivity contribution in [3.63, 3.8) is 0 Å². The normalized spacial score (nSPS) is 40.5. The Bertz CT molecular complexity index is 247. The fourth-order valence-corrected chi connectivity index (χ4v) is 2.73. The molecule has 1 rings (SSSR count). The minimum Gasteiger partial charge on any atom is -0.465 e. The lowest BCUT2D eigenvalue weighted by molar-refractivity contribution is -0.173. The predicted octanol–water partition coefficient (Wildman–Crippen LogP) is 2.13. The molecule has 1 aliphatic rings. The first-order chi connectivity index (χ1) is 6.92. The Morgan fingerprint density at radius 3 is 2.47 bits per heavy atom. The first-order valence-electron chi connectivity index (χ1n) is 5.82. The Balaban J connectivity index is 3.00. The Morgan fingerprint density at radius 1 is 1.53 bits per heavy atom. The smallest absolute Gasteiger partial charge is 0.314 e. The van der Waals surface area contributed by atoms with E-state index < -0.39 is 11.0 Å². The topological polar surface area (TPSA) is 46.5 Å². The molecule has 1 aliphatic carbocycles. The first kappa shape index (κ1) is 12.5. The molecule has 0 bridgehead atoms. The van der Waals surface area contributed by atoms with Gasteiger partial charge in [0.05, 0.1) is 17.6 Å². The van der Waals surface area contributed by atoms with Gasteiger partial charge < -0.3 is 9.84 Å². The van der Waals surface area contributed by atoms with E-state index in [-0.39, 0.29) is 11.9 Å². The van der Waals surface area contributed by atoms with Crippen LogP contribution in [-0.4, -0.2) is 23.3 Å². The van der Waals surface area contributed by atoms with Crippen LogP contribution < -0.4 is 0 Å². The van der Waals surface area contributed by atoms with Gasteiger partial charge in [0.25, 0.3) is 0 Å². The number of esters is 1. The number of rotatable bonds is 3. The summed E-state index contributed by atoms with van der Waals surface area (Å²) in [5.41, 5.74) is -1.63. The lowest BCUT2D eigenvalue weighted by Gasteiger charge is -2.39. The fraction of sp³-hybridized carbons (Fsp3) is 0.917. The van der Waals surface area contributed by atoms with E-state index in [1.54, 1.807) is 13.8 Å². The Morgan fingerprint density at radius 2 is 2.13 bits per heavy atom. The molecule has 0 aromatic heterocycles. The van der Waals surface area contributed by atoms with Gasteiger partial charge in [-0.25, -0.2) is 0 Å². The van der Waals surface area contributed by atoms with Crippen LogP contribution >= 0.6 is 0 Å². The number of aliphatic hydroxyl groups is 1. The number of hydrogen-bond donors (Lipinski definition) is 1. The van der Waals surface area contributed by atoms with Gasteiger partial charge in [-0.2, -0.15) is 0 Å². The molecule has 88 valence electrons. The molecule has 0 aromatic rings. The monoisotopic (exact) mass is 214 g/mol. The van der Waals surface area contributed by atoms with Gasteiger partial charge in [0.1, 0.15) is 0 Å². The molecule has 0 aliphatic heterocycles. The highest BCUT2D eigenvalue weighted by atomic mass is 16.5. The van der Waals surface area contributed by atoms with Crippen LogP contribution in [0.25, 0.3) is 0 Å². The van der Waals surface area contributed by atoms with Crippen molar-refractivity contribution in [2.45, 2.75) is 52.6 Å². The molecule has 0 saturated heterocycles.